The molecule has 0 saturated carbocycles. The third-order valence-corrected chi connectivity index (χ3v) is 6.44. The molecular formula is C26H30N6O2. The second-order valence-corrected chi connectivity index (χ2v) is 8.73. The van der Waals surface area contributed by atoms with E-state index in [0.29, 0.717) is 30.2 Å². The van der Waals surface area contributed by atoms with Crippen LogP contribution in [0.25, 0.3) is 0 Å². The Labute approximate surface area is 200 Å². The van der Waals surface area contributed by atoms with Gasteiger partial charge in [0, 0.05) is 52.4 Å². The standard InChI is InChI=1S/C26H30N6O2/c1-29-13-15-30(16-14-29)24-11-12-25(28-27-24)31-17-19-32(20-18-31)26(33)22-9-5-6-10-23(22)34-21-7-3-2-4-8-21/h2-12H,13-20H2,1H3. The third-order valence-electron chi connectivity index (χ3n) is 6.44. The molecule has 0 aliphatic carbocycles. The molecule has 1 amide bonds. The number of likely N-dealkylation sites (N-methyl/N-ethyl adjacent to an activating group) is 1. The van der Waals surface area contributed by atoms with Crippen molar-refractivity contribution < 1.29 is 9.53 Å². The van der Waals surface area contributed by atoms with Crippen LogP contribution in [0.4, 0.5) is 11.6 Å². The summed E-state index contributed by atoms with van der Waals surface area (Å²) in [7, 11) is 2.14. The van der Waals surface area contributed by atoms with Crippen LogP contribution in [-0.2, 0) is 0 Å². The number of benzene rings is 2. The van der Waals surface area contributed by atoms with E-state index < -0.39 is 0 Å². The Bertz CT molecular complexity index is 1090. The molecule has 176 valence electrons. The highest BCUT2D eigenvalue weighted by molar-refractivity contribution is 5.97. The first-order valence-electron chi connectivity index (χ1n) is 11.8. The van der Waals surface area contributed by atoms with Crippen LogP contribution in [0, 0.1) is 0 Å². The Morgan fingerprint density at radius 1 is 0.706 bits per heavy atom. The minimum atomic E-state index is -0.0114. The molecule has 1 aromatic heterocycles. The van der Waals surface area contributed by atoms with Crippen LogP contribution in [0.1, 0.15) is 10.4 Å². The molecular weight excluding hydrogens is 428 g/mol. The predicted octanol–water partition coefficient (Wildman–Crippen LogP) is 2.98. The molecule has 8 nitrogen and oxygen atoms in total. The summed E-state index contributed by atoms with van der Waals surface area (Å²) >= 11 is 0. The average molecular weight is 459 g/mol. The zero-order chi connectivity index (χ0) is 23.3. The van der Waals surface area contributed by atoms with E-state index in [0.717, 1.165) is 50.9 Å². The number of carbonyl (C=O) groups excluding carboxylic acids is 1. The Kier molecular flexibility index (Phi) is 6.58. The van der Waals surface area contributed by atoms with Gasteiger partial charge in [-0.3, -0.25) is 4.79 Å². The molecule has 2 aromatic carbocycles. The lowest BCUT2D eigenvalue weighted by molar-refractivity contribution is 0.0744. The zero-order valence-corrected chi connectivity index (χ0v) is 19.5. The van der Waals surface area contributed by atoms with Crippen molar-refractivity contribution in [3.63, 3.8) is 0 Å². The van der Waals surface area contributed by atoms with Crippen LogP contribution >= 0.6 is 0 Å². The van der Waals surface area contributed by atoms with Crippen molar-refractivity contribution >= 4 is 17.5 Å². The fourth-order valence-electron chi connectivity index (χ4n) is 4.35. The lowest BCUT2D eigenvalue weighted by Gasteiger charge is -2.36. The van der Waals surface area contributed by atoms with E-state index in [2.05, 4.69) is 38.0 Å². The van der Waals surface area contributed by atoms with Crippen LogP contribution < -0.4 is 14.5 Å². The molecule has 3 aromatic rings. The third kappa shape index (κ3) is 4.97. The maximum absolute atomic E-state index is 13.3. The van der Waals surface area contributed by atoms with Gasteiger partial charge in [0.1, 0.15) is 11.5 Å². The molecule has 0 atom stereocenters. The number of carbonyl (C=O) groups is 1. The summed E-state index contributed by atoms with van der Waals surface area (Å²) in [5.41, 5.74) is 0.580. The topological polar surface area (TPSA) is 65.0 Å². The van der Waals surface area contributed by atoms with Gasteiger partial charge in [-0.1, -0.05) is 30.3 Å². The number of piperazine rings is 2. The molecule has 0 spiro atoms. The smallest absolute Gasteiger partial charge is 0.257 e. The highest BCUT2D eigenvalue weighted by Crippen LogP contribution is 2.27. The van der Waals surface area contributed by atoms with Crippen molar-refractivity contribution in [3.05, 3.63) is 72.3 Å². The monoisotopic (exact) mass is 458 g/mol. The van der Waals surface area contributed by atoms with Crippen molar-refractivity contribution in [2.75, 3.05) is 69.2 Å². The van der Waals surface area contributed by atoms with E-state index >= 15 is 0 Å². The number of hydrogen-bond donors (Lipinski definition) is 0. The molecule has 2 aliphatic heterocycles. The number of anilines is 2. The normalized spacial score (nSPS) is 17.0. The molecule has 0 N–H and O–H groups in total. The van der Waals surface area contributed by atoms with E-state index in [-0.39, 0.29) is 5.91 Å². The fourth-order valence-corrected chi connectivity index (χ4v) is 4.35. The highest BCUT2D eigenvalue weighted by Gasteiger charge is 2.25. The first-order valence-corrected chi connectivity index (χ1v) is 11.8. The average Bonchev–Trinajstić information content (AvgIpc) is 2.90. The maximum atomic E-state index is 13.3. The van der Waals surface area contributed by atoms with E-state index in [1.165, 1.54) is 0 Å². The van der Waals surface area contributed by atoms with E-state index in [4.69, 9.17) is 4.74 Å². The second-order valence-electron chi connectivity index (χ2n) is 8.73. The van der Waals surface area contributed by atoms with Crippen LogP contribution in [-0.4, -0.2) is 85.3 Å². The number of nitrogens with zero attached hydrogens (tertiary/aromatic N) is 6. The van der Waals surface area contributed by atoms with Gasteiger partial charge in [0.2, 0.25) is 0 Å². The summed E-state index contributed by atoms with van der Waals surface area (Å²) in [5, 5.41) is 8.96. The summed E-state index contributed by atoms with van der Waals surface area (Å²) < 4.78 is 6.00. The van der Waals surface area contributed by atoms with Gasteiger partial charge < -0.3 is 24.3 Å². The van der Waals surface area contributed by atoms with E-state index in [1.54, 1.807) is 0 Å². The Morgan fingerprint density at radius 2 is 1.26 bits per heavy atom. The van der Waals surface area contributed by atoms with Gasteiger partial charge in [-0.25, -0.2) is 0 Å². The summed E-state index contributed by atoms with van der Waals surface area (Å²) in [5.74, 6) is 3.07. The molecule has 3 heterocycles. The van der Waals surface area contributed by atoms with Crippen molar-refractivity contribution in [2.45, 2.75) is 0 Å². The molecule has 2 fully saturated rings. The Hall–Kier alpha value is -3.65. The number of hydrogen-bond acceptors (Lipinski definition) is 7. The van der Waals surface area contributed by atoms with Crippen LogP contribution in [0.15, 0.2) is 66.7 Å². The summed E-state index contributed by atoms with van der Waals surface area (Å²) in [4.78, 5) is 22.0. The zero-order valence-electron chi connectivity index (χ0n) is 19.5. The molecule has 0 bridgehead atoms. The van der Waals surface area contributed by atoms with Crippen molar-refractivity contribution in [2.24, 2.45) is 0 Å². The summed E-state index contributed by atoms with van der Waals surface area (Å²) in [6.45, 7) is 6.71. The summed E-state index contributed by atoms with van der Waals surface area (Å²) in [6.07, 6.45) is 0. The van der Waals surface area contributed by atoms with Crippen molar-refractivity contribution in [3.8, 4) is 11.5 Å². The fraction of sp³-hybridized carbons (Fsp3) is 0.346. The molecule has 34 heavy (non-hydrogen) atoms. The van der Waals surface area contributed by atoms with E-state index in [1.807, 2.05) is 65.6 Å². The summed E-state index contributed by atoms with van der Waals surface area (Å²) in [6, 6.07) is 21.1. The van der Waals surface area contributed by atoms with E-state index in [9.17, 15) is 4.79 Å². The molecule has 2 saturated heterocycles. The first kappa shape index (κ1) is 22.2. The predicted molar refractivity (Wildman–Crippen MR) is 133 cm³/mol. The lowest BCUT2D eigenvalue weighted by Crippen LogP contribution is -2.49. The Balaban J connectivity index is 1.20. The van der Waals surface area contributed by atoms with Crippen molar-refractivity contribution in [1.82, 2.24) is 20.0 Å². The van der Waals surface area contributed by atoms with Gasteiger partial charge >= 0.3 is 0 Å². The van der Waals surface area contributed by atoms with Gasteiger partial charge in [-0.05, 0) is 43.4 Å². The van der Waals surface area contributed by atoms with Crippen molar-refractivity contribution in [1.29, 1.82) is 0 Å². The van der Waals surface area contributed by atoms with Gasteiger partial charge in [-0.2, -0.15) is 0 Å². The first-order chi connectivity index (χ1) is 16.7. The second kappa shape index (κ2) is 10.1. The van der Waals surface area contributed by atoms with Gasteiger partial charge in [0.25, 0.3) is 5.91 Å². The molecule has 8 heteroatoms. The molecule has 5 rings (SSSR count). The van der Waals surface area contributed by atoms with Gasteiger partial charge in [0.15, 0.2) is 11.6 Å². The molecule has 0 radical (unpaired) electrons. The minimum Gasteiger partial charge on any atom is -0.457 e. The van der Waals surface area contributed by atoms with Crippen LogP contribution in [0.3, 0.4) is 0 Å². The highest BCUT2D eigenvalue weighted by atomic mass is 16.5. The lowest BCUT2D eigenvalue weighted by atomic mass is 10.1. The SMILES string of the molecule is CN1CCN(c2ccc(N3CCN(C(=O)c4ccccc4Oc4ccccc4)CC3)nn2)CC1. The van der Waals surface area contributed by atoms with Gasteiger partial charge in [0.05, 0.1) is 5.56 Å². The number of para-hydroxylation sites is 2. The quantitative estimate of drug-likeness (QED) is 0.582. The number of rotatable bonds is 5. The number of amides is 1. The Morgan fingerprint density at radius 3 is 1.88 bits per heavy atom. The number of aromatic nitrogens is 2. The number of ether oxygens (including phenoxy) is 1. The largest absolute Gasteiger partial charge is 0.457 e. The molecule has 0 unspecified atom stereocenters. The minimum absolute atomic E-state index is 0.0114. The van der Waals surface area contributed by atoms with Crippen LogP contribution in [0.5, 0.6) is 11.5 Å². The maximum Gasteiger partial charge on any atom is 0.257 e. The molecule has 2 aliphatic rings. The van der Waals surface area contributed by atoms with Gasteiger partial charge in [-0.15, -0.1) is 10.2 Å². The van der Waals surface area contributed by atoms with Crippen LogP contribution in [0.2, 0.25) is 0 Å².